The number of rotatable bonds is 9. The Hall–Kier alpha value is -10.5. The van der Waals surface area contributed by atoms with Crippen LogP contribution in [0.25, 0.3) is 55.6 Å². The van der Waals surface area contributed by atoms with E-state index in [1.807, 2.05) is 0 Å². The van der Waals surface area contributed by atoms with Gasteiger partial charge in [0.15, 0.2) is 0 Å². The van der Waals surface area contributed by atoms with Gasteiger partial charge in [-0.3, -0.25) is 0 Å². The molecule has 0 radical (unpaired) electrons. The van der Waals surface area contributed by atoms with Crippen LogP contribution in [0.15, 0.2) is 328 Å². The number of nitrogens with zero attached hydrogens (tertiary/aromatic N) is 2. The highest BCUT2D eigenvalue weighted by Crippen LogP contribution is 2.67. The topological polar surface area (TPSA) is 6.48 Å². The summed E-state index contributed by atoms with van der Waals surface area (Å²) < 4.78 is 0. The molecule has 3 aliphatic carbocycles. The van der Waals surface area contributed by atoms with Gasteiger partial charge in [0.1, 0.15) is 0 Å². The Labute approximate surface area is 479 Å². The van der Waals surface area contributed by atoms with Crippen LogP contribution in [0.4, 0.5) is 34.1 Å². The summed E-state index contributed by atoms with van der Waals surface area (Å²) in [6.07, 6.45) is 0. The van der Waals surface area contributed by atoms with E-state index >= 15 is 0 Å². The van der Waals surface area contributed by atoms with E-state index < -0.39 is 10.8 Å². The lowest BCUT2D eigenvalue weighted by molar-refractivity contribution is 0.633. The molecule has 0 bridgehead atoms. The maximum atomic E-state index is 2.51. The quantitative estimate of drug-likeness (QED) is 0.142. The Morgan fingerprint density at radius 2 is 0.390 bits per heavy atom. The lowest BCUT2D eigenvalue weighted by Crippen LogP contribution is -2.43. The highest BCUT2D eigenvalue weighted by molar-refractivity contribution is 5.95. The largest absolute Gasteiger partial charge is 0.311 e. The highest BCUT2D eigenvalue weighted by Gasteiger charge is 2.58. The molecule has 3 aliphatic rings. The molecule has 82 heavy (non-hydrogen) atoms. The van der Waals surface area contributed by atoms with Gasteiger partial charge in [-0.25, -0.2) is 0 Å². The molecule has 0 aromatic heterocycles. The van der Waals surface area contributed by atoms with Crippen LogP contribution in [0.2, 0.25) is 0 Å². The van der Waals surface area contributed by atoms with Crippen molar-refractivity contribution in [3.05, 3.63) is 372 Å². The van der Waals surface area contributed by atoms with Gasteiger partial charge in [-0.05, 0) is 179 Å². The molecule has 0 saturated heterocycles. The molecule has 13 aromatic carbocycles. The monoisotopic (exact) mass is 1040 g/mol. The van der Waals surface area contributed by atoms with E-state index in [2.05, 4.69) is 337 Å². The first-order valence-electron chi connectivity index (χ1n) is 28.5. The summed E-state index contributed by atoms with van der Waals surface area (Å²) in [5.41, 5.74) is 28.5. The summed E-state index contributed by atoms with van der Waals surface area (Å²) in [5.74, 6) is 0. The fraction of sp³-hybridized carbons (Fsp3) is 0.0250. The van der Waals surface area contributed by atoms with Crippen LogP contribution in [-0.2, 0) is 10.8 Å². The number of hydrogen-bond acceptors (Lipinski definition) is 2. The number of benzene rings is 13. The van der Waals surface area contributed by atoms with Crippen molar-refractivity contribution in [1.29, 1.82) is 0 Å². The Morgan fingerprint density at radius 3 is 0.756 bits per heavy atom. The highest BCUT2D eigenvalue weighted by atomic mass is 15.2. The van der Waals surface area contributed by atoms with E-state index in [1.165, 1.54) is 100 Å². The Balaban J connectivity index is 0.788. The summed E-state index contributed by atoms with van der Waals surface area (Å²) in [4.78, 5) is 4.71. The van der Waals surface area contributed by atoms with Crippen molar-refractivity contribution >= 4 is 34.1 Å². The summed E-state index contributed by atoms with van der Waals surface area (Å²) in [7, 11) is 0. The second-order valence-electron chi connectivity index (χ2n) is 21.9. The number of fused-ring (bicyclic) bond motifs is 16. The van der Waals surface area contributed by atoms with Gasteiger partial charge in [-0.15, -0.1) is 0 Å². The molecule has 0 fully saturated rings. The molecule has 0 unspecified atom stereocenters. The molecule has 2 heteroatoms. The first kappa shape index (κ1) is 47.5. The summed E-state index contributed by atoms with van der Waals surface area (Å²) in [6, 6.07) is 121. The molecule has 0 atom stereocenters. The molecule has 0 heterocycles. The van der Waals surface area contributed by atoms with Crippen molar-refractivity contribution in [3.8, 4) is 55.6 Å². The fourth-order valence-electron chi connectivity index (χ4n) is 14.3. The summed E-state index contributed by atoms with van der Waals surface area (Å²) >= 11 is 0. The van der Waals surface area contributed by atoms with E-state index in [0.717, 1.165) is 34.1 Å². The second-order valence-corrected chi connectivity index (χ2v) is 21.9. The normalized spacial score (nSPS) is 13.3. The van der Waals surface area contributed by atoms with Crippen LogP contribution in [0.5, 0.6) is 0 Å². The van der Waals surface area contributed by atoms with Crippen molar-refractivity contribution in [2.24, 2.45) is 0 Å². The molecule has 13 aromatic rings. The third-order valence-electron chi connectivity index (χ3n) is 17.8. The first-order chi connectivity index (χ1) is 40.7. The van der Waals surface area contributed by atoms with Crippen molar-refractivity contribution in [1.82, 2.24) is 0 Å². The molecule has 0 amide bonds. The smallest absolute Gasteiger partial charge is 0.0720 e. The average Bonchev–Trinajstić information content (AvgIpc) is 2.23. The summed E-state index contributed by atoms with van der Waals surface area (Å²) in [6.45, 7) is 0. The maximum Gasteiger partial charge on any atom is 0.0720 e. The molecule has 0 saturated carbocycles. The third-order valence-corrected chi connectivity index (χ3v) is 17.8. The van der Waals surface area contributed by atoms with E-state index in [4.69, 9.17) is 0 Å². The molecule has 2 nitrogen and oxygen atoms in total. The molecule has 2 spiro atoms. The Morgan fingerprint density at radius 1 is 0.159 bits per heavy atom. The molecule has 0 N–H and O–H groups in total. The van der Waals surface area contributed by atoms with Gasteiger partial charge in [0.25, 0.3) is 0 Å². The van der Waals surface area contributed by atoms with Crippen LogP contribution in [-0.4, -0.2) is 0 Å². The minimum atomic E-state index is -0.560. The molecule has 384 valence electrons. The maximum absolute atomic E-state index is 2.51. The fourth-order valence-corrected chi connectivity index (χ4v) is 14.3. The lowest BCUT2D eigenvalue weighted by atomic mass is 9.52. The third kappa shape index (κ3) is 7.14. The predicted octanol–water partition coefficient (Wildman–Crippen LogP) is 20.7. The van der Waals surface area contributed by atoms with Crippen LogP contribution in [0, 0.1) is 0 Å². The number of anilines is 6. The van der Waals surface area contributed by atoms with E-state index in [0.29, 0.717) is 0 Å². The zero-order valence-electron chi connectivity index (χ0n) is 45.1. The van der Waals surface area contributed by atoms with Gasteiger partial charge in [-0.1, -0.05) is 249 Å². The number of para-hydroxylation sites is 1. The van der Waals surface area contributed by atoms with Crippen molar-refractivity contribution in [2.75, 3.05) is 9.80 Å². The predicted molar refractivity (Wildman–Crippen MR) is 340 cm³/mol. The molecular formula is C80H54N2. The van der Waals surface area contributed by atoms with Crippen LogP contribution in [0.3, 0.4) is 0 Å². The average molecular weight is 1040 g/mol. The SMILES string of the molecule is c1ccc(-c2ccc(N(c3ccc(-c4ccccc4)cc3)c3ccc(N(c4ccccc4)c4ccc(-c5ccc6c(c5)C5(c7ccccc7-6)c6ccccc6C6(c7ccccc7-c7ccccc76)c6ccccc65)cc4)cc3)cc2)cc1. The van der Waals surface area contributed by atoms with Crippen LogP contribution in [0.1, 0.15) is 44.5 Å². The minimum Gasteiger partial charge on any atom is -0.311 e. The van der Waals surface area contributed by atoms with Gasteiger partial charge in [0, 0.05) is 34.1 Å². The molecular weight excluding hydrogens is 989 g/mol. The molecule has 0 aliphatic heterocycles. The zero-order valence-corrected chi connectivity index (χ0v) is 45.1. The van der Waals surface area contributed by atoms with E-state index in [-0.39, 0.29) is 0 Å². The van der Waals surface area contributed by atoms with Crippen molar-refractivity contribution < 1.29 is 0 Å². The zero-order chi connectivity index (χ0) is 54.2. The standard InChI is InChI=1S/C80H54N2/c1-4-20-55(21-5-1)57-36-43-63(44-37-57)82(64-45-38-58(39-46-64)56-22-6-2-7-23-56)66-51-49-65(50-52-66)81(61-24-8-3-9-25-61)62-47-40-59(41-48-62)60-42-53-70-69-28-12-15-31-73(69)80(78(70)54-60)76-34-18-16-32-74(76)79(75-33-17-19-35-77(75)80)71-29-13-10-26-67(71)68-27-11-14-30-72(68)79/h1-54H. The van der Waals surface area contributed by atoms with Crippen LogP contribution >= 0.6 is 0 Å². The minimum absolute atomic E-state index is 0.481. The lowest BCUT2D eigenvalue weighted by Gasteiger charge is -2.48. The van der Waals surface area contributed by atoms with Crippen molar-refractivity contribution in [2.45, 2.75) is 10.8 Å². The van der Waals surface area contributed by atoms with Gasteiger partial charge in [0.05, 0.1) is 10.8 Å². The first-order valence-corrected chi connectivity index (χ1v) is 28.5. The van der Waals surface area contributed by atoms with Crippen LogP contribution < -0.4 is 9.80 Å². The van der Waals surface area contributed by atoms with Gasteiger partial charge < -0.3 is 9.80 Å². The number of hydrogen-bond donors (Lipinski definition) is 0. The van der Waals surface area contributed by atoms with Gasteiger partial charge >= 0.3 is 0 Å². The van der Waals surface area contributed by atoms with Gasteiger partial charge in [0.2, 0.25) is 0 Å². The Bertz CT molecular complexity index is 4350. The van der Waals surface area contributed by atoms with Crippen molar-refractivity contribution in [3.63, 3.8) is 0 Å². The second kappa shape index (κ2) is 19.1. The Kier molecular flexibility index (Phi) is 11.0. The molecule has 16 rings (SSSR count). The summed E-state index contributed by atoms with van der Waals surface area (Å²) in [5, 5.41) is 0. The van der Waals surface area contributed by atoms with E-state index in [1.54, 1.807) is 0 Å². The van der Waals surface area contributed by atoms with Gasteiger partial charge in [-0.2, -0.15) is 0 Å². The van der Waals surface area contributed by atoms with E-state index in [9.17, 15) is 0 Å².